The van der Waals surface area contributed by atoms with E-state index < -0.39 is 79.2 Å². The van der Waals surface area contributed by atoms with Crippen LogP contribution in [0.3, 0.4) is 0 Å². The number of primary amides is 1. The molecule has 0 heterocycles. The van der Waals surface area contributed by atoms with Crippen molar-refractivity contribution in [3.63, 3.8) is 0 Å². The van der Waals surface area contributed by atoms with Gasteiger partial charge in [0.2, 0.25) is 23.6 Å². The smallest absolute Gasteiger partial charge is 0.326 e. The lowest BCUT2D eigenvalue weighted by Crippen LogP contribution is -2.58. The highest BCUT2D eigenvalue weighted by molar-refractivity contribution is 5.96. The summed E-state index contributed by atoms with van der Waals surface area (Å²) >= 11 is 0. The largest absolute Gasteiger partial charge is 0.481 e. The van der Waals surface area contributed by atoms with Gasteiger partial charge in [-0.1, -0.05) is 0 Å². The summed E-state index contributed by atoms with van der Waals surface area (Å²) in [6.07, 6.45) is -1.20. The van der Waals surface area contributed by atoms with Crippen molar-refractivity contribution in [2.24, 2.45) is 27.9 Å². The summed E-state index contributed by atoms with van der Waals surface area (Å²) < 4.78 is 0. The third kappa shape index (κ3) is 12.2. The normalized spacial score (nSPS) is 13.9. The number of carboxylic acid groups (broad SMARTS) is 2. The van der Waals surface area contributed by atoms with E-state index in [0.717, 1.165) is 0 Å². The SMILES string of the molecule is NC(=O)CC(NC(=O)C(N)CCCN=C(N)N)C(=O)NC(CO)C(=O)NC(CC(=O)O)C(=O)O. The van der Waals surface area contributed by atoms with Gasteiger partial charge in [-0.2, -0.15) is 0 Å². The number of rotatable bonds is 16. The molecule has 0 fully saturated rings. The molecule has 0 rings (SSSR count). The van der Waals surface area contributed by atoms with Crippen LogP contribution in [-0.2, 0) is 28.8 Å². The Kier molecular flexibility index (Phi) is 13.2. The number of hydrogen-bond donors (Lipinski definition) is 10. The standard InChI is InChI=1S/C17H30N8O9/c18-7(2-1-3-22-17(20)21)13(30)23-8(4-11(19)27)14(31)25-10(6-26)15(32)24-9(16(33)34)5-12(28)29/h7-10,26H,1-6,18H2,(H2,19,27)(H,23,30)(H,24,32)(H,25,31)(H,28,29)(H,33,34)(H4,20,21,22). The van der Waals surface area contributed by atoms with Gasteiger partial charge in [-0.3, -0.25) is 29.0 Å². The van der Waals surface area contributed by atoms with Crippen LogP contribution < -0.4 is 38.9 Å². The molecule has 4 amide bonds. The van der Waals surface area contributed by atoms with Crippen molar-refractivity contribution in [3.8, 4) is 0 Å². The van der Waals surface area contributed by atoms with E-state index in [2.05, 4.69) is 10.3 Å². The Morgan fingerprint density at radius 3 is 1.79 bits per heavy atom. The average Bonchev–Trinajstić information content (AvgIpc) is 2.72. The van der Waals surface area contributed by atoms with Gasteiger partial charge in [0.15, 0.2) is 5.96 Å². The minimum atomic E-state index is -1.84. The predicted octanol–water partition coefficient (Wildman–Crippen LogP) is -5.75. The molecule has 0 saturated heterocycles. The van der Waals surface area contributed by atoms with E-state index >= 15 is 0 Å². The molecule has 0 radical (unpaired) electrons. The Bertz CT molecular complexity index is 800. The average molecular weight is 490 g/mol. The van der Waals surface area contributed by atoms with Crippen LogP contribution in [0.25, 0.3) is 0 Å². The van der Waals surface area contributed by atoms with Gasteiger partial charge in [0.05, 0.1) is 25.5 Å². The van der Waals surface area contributed by atoms with Crippen molar-refractivity contribution < 1.29 is 44.1 Å². The molecule has 0 aliphatic rings. The summed E-state index contributed by atoms with van der Waals surface area (Å²) in [5.41, 5.74) is 21.2. The van der Waals surface area contributed by atoms with Gasteiger partial charge in [-0.05, 0) is 12.8 Å². The van der Waals surface area contributed by atoms with Crippen LogP contribution in [0, 0.1) is 0 Å². The highest BCUT2D eigenvalue weighted by atomic mass is 16.4. The second-order valence-corrected chi connectivity index (χ2v) is 7.03. The second-order valence-electron chi connectivity index (χ2n) is 7.03. The Balaban J connectivity index is 5.19. The maximum absolute atomic E-state index is 12.5. The summed E-state index contributed by atoms with van der Waals surface area (Å²) in [6, 6.07) is -6.26. The molecule has 0 spiro atoms. The molecule has 14 N–H and O–H groups in total. The van der Waals surface area contributed by atoms with Gasteiger partial charge < -0.3 is 54.2 Å². The number of aliphatic hydroxyl groups is 1. The van der Waals surface area contributed by atoms with Crippen LogP contribution in [-0.4, -0.2) is 94.2 Å². The Hall–Kier alpha value is -3.99. The number of amides is 4. The first-order valence-corrected chi connectivity index (χ1v) is 9.84. The molecule has 0 aromatic carbocycles. The van der Waals surface area contributed by atoms with Crippen molar-refractivity contribution in [1.29, 1.82) is 0 Å². The molecule has 0 aromatic rings. The molecule has 192 valence electrons. The monoisotopic (exact) mass is 490 g/mol. The van der Waals surface area contributed by atoms with Gasteiger partial charge in [0.25, 0.3) is 0 Å². The molecular weight excluding hydrogens is 460 g/mol. The zero-order chi connectivity index (χ0) is 26.4. The molecule has 0 aromatic heterocycles. The number of carboxylic acids is 2. The minimum absolute atomic E-state index is 0.120. The van der Waals surface area contributed by atoms with Crippen LogP contribution >= 0.6 is 0 Å². The van der Waals surface area contributed by atoms with Crippen molar-refractivity contribution >= 4 is 41.5 Å². The first-order chi connectivity index (χ1) is 15.8. The minimum Gasteiger partial charge on any atom is -0.481 e. The fraction of sp³-hybridized carbons (Fsp3) is 0.588. The van der Waals surface area contributed by atoms with E-state index in [-0.39, 0.29) is 18.9 Å². The van der Waals surface area contributed by atoms with Crippen molar-refractivity contribution in [2.45, 2.75) is 49.9 Å². The van der Waals surface area contributed by atoms with Gasteiger partial charge in [-0.25, -0.2) is 4.79 Å². The third-order valence-electron chi connectivity index (χ3n) is 4.15. The molecule has 0 aliphatic carbocycles. The van der Waals surface area contributed by atoms with E-state index in [4.69, 9.17) is 33.1 Å². The predicted molar refractivity (Wildman–Crippen MR) is 114 cm³/mol. The number of aliphatic imine (C=N–C) groups is 1. The number of nitrogens with zero attached hydrogens (tertiary/aromatic N) is 1. The van der Waals surface area contributed by atoms with Gasteiger partial charge in [-0.15, -0.1) is 0 Å². The Morgan fingerprint density at radius 2 is 1.32 bits per heavy atom. The van der Waals surface area contributed by atoms with Crippen molar-refractivity contribution in [2.75, 3.05) is 13.2 Å². The summed E-state index contributed by atoms with van der Waals surface area (Å²) in [7, 11) is 0. The molecule has 17 heteroatoms. The van der Waals surface area contributed by atoms with Gasteiger partial charge in [0, 0.05) is 6.54 Å². The second kappa shape index (κ2) is 15.0. The maximum atomic E-state index is 12.5. The lowest BCUT2D eigenvalue weighted by Gasteiger charge is -2.23. The Labute approximate surface area is 193 Å². The van der Waals surface area contributed by atoms with E-state index in [1.807, 2.05) is 10.6 Å². The quantitative estimate of drug-likeness (QED) is 0.0549. The van der Waals surface area contributed by atoms with Crippen LogP contribution in [0.15, 0.2) is 4.99 Å². The van der Waals surface area contributed by atoms with Gasteiger partial charge in [0.1, 0.15) is 18.1 Å². The van der Waals surface area contributed by atoms with Crippen molar-refractivity contribution in [1.82, 2.24) is 16.0 Å². The number of guanidine groups is 1. The number of aliphatic carboxylic acids is 2. The zero-order valence-corrected chi connectivity index (χ0v) is 18.1. The van der Waals surface area contributed by atoms with E-state index in [0.29, 0.717) is 6.42 Å². The summed E-state index contributed by atoms with van der Waals surface area (Å²) in [6.45, 7) is -0.820. The number of nitrogens with two attached hydrogens (primary N) is 4. The molecular formula is C17H30N8O9. The summed E-state index contributed by atoms with van der Waals surface area (Å²) in [5, 5.41) is 33.2. The van der Waals surface area contributed by atoms with Crippen molar-refractivity contribution in [3.05, 3.63) is 0 Å². The van der Waals surface area contributed by atoms with Crippen LogP contribution in [0.4, 0.5) is 0 Å². The first-order valence-electron chi connectivity index (χ1n) is 9.84. The third-order valence-corrected chi connectivity index (χ3v) is 4.15. The fourth-order valence-electron chi connectivity index (χ4n) is 2.45. The number of nitrogens with one attached hydrogen (secondary N) is 3. The van der Waals surface area contributed by atoms with Crippen LogP contribution in [0.5, 0.6) is 0 Å². The molecule has 0 bridgehead atoms. The van der Waals surface area contributed by atoms with Crippen LogP contribution in [0.1, 0.15) is 25.7 Å². The lowest BCUT2D eigenvalue weighted by molar-refractivity contribution is -0.147. The Morgan fingerprint density at radius 1 is 0.794 bits per heavy atom. The number of aliphatic hydroxyl groups excluding tert-OH is 1. The fourth-order valence-corrected chi connectivity index (χ4v) is 2.45. The molecule has 0 aliphatic heterocycles. The summed E-state index contributed by atoms with van der Waals surface area (Å²) in [5.74, 6) is -7.47. The van der Waals surface area contributed by atoms with Crippen LogP contribution in [0.2, 0.25) is 0 Å². The molecule has 4 atom stereocenters. The zero-order valence-electron chi connectivity index (χ0n) is 18.1. The maximum Gasteiger partial charge on any atom is 0.326 e. The molecule has 0 saturated carbocycles. The highest BCUT2D eigenvalue weighted by Gasteiger charge is 2.31. The van der Waals surface area contributed by atoms with Gasteiger partial charge >= 0.3 is 11.9 Å². The van der Waals surface area contributed by atoms with E-state index in [1.165, 1.54) is 0 Å². The number of carbonyl (C=O) groups is 6. The number of carbonyl (C=O) groups excluding carboxylic acids is 4. The topological polar surface area (TPSA) is 316 Å². The summed E-state index contributed by atoms with van der Waals surface area (Å²) in [4.78, 5) is 73.9. The molecule has 17 nitrogen and oxygen atoms in total. The molecule has 4 unspecified atom stereocenters. The first kappa shape index (κ1) is 30.0. The lowest BCUT2D eigenvalue weighted by atomic mass is 10.1. The number of hydrogen-bond acceptors (Lipinski definition) is 9. The molecule has 34 heavy (non-hydrogen) atoms. The van der Waals surface area contributed by atoms with E-state index in [1.54, 1.807) is 0 Å². The highest BCUT2D eigenvalue weighted by Crippen LogP contribution is 2.01. The van der Waals surface area contributed by atoms with E-state index in [9.17, 15) is 33.9 Å².